The van der Waals surface area contributed by atoms with Crippen molar-refractivity contribution in [3.05, 3.63) is 78.8 Å². The molecule has 2 aliphatic rings. The number of hydrogen-bond acceptors (Lipinski definition) is 3. The molecule has 0 unspecified atom stereocenters. The number of hydrogen-bond donors (Lipinski definition) is 1. The Morgan fingerprint density at radius 1 is 1.08 bits per heavy atom. The third-order valence-corrected chi connectivity index (χ3v) is 5.77. The predicted octanol–water partition coefficient (Wildman–Crippen LogP) is 6.38. The van der Waals surface area contributed by atoms with Crippen LogP contribution in [0.4, 0.5) is 11.4 Å². The van der Waals surface area contributed by atoms with Gasteiger partial charge < -0.3 is 5.32 Å². The van der Waals surface area contributed by atoms with Gasteiger partial charge in [0.05, 0.1) is 21.7 Å². The van der Waals surface area contributed by atoms with Crippen LogP contribution in [0.3, 0.4) is 0 Å². The summed E-state index contributed by atoms with van der Waals surface area (Å²) in [5.74, 6) is 0.273. The Labute approximate surface area is 159 Å². The van der Waals surface area contributed by atoms with E-state index in [9.17, 15) is 10.1 Å². The molecule has 2 aromatic rings. The van der Waals surface area contributed by atoms with Crippen molar-refractivity contribution in [1.29, 1.82) is 0 Å². The molecule has 1 aliphatic heterocycles. The summed E-state index contributed by atoms with van der Waals surface area (Å²) in [7, 11) is 0. The summed E-state index contributed by atoms with van der Waals surface area (Å²) in [6, 6.07) is 8.41. The van der Waals surface area contributed by atoms with Gasteiger partial charge in [0.25, 0.3) is 5.69 Å². The highest BCUT2D eigenvalue weighted by Gasteiger charge is 2.40. The van der Waals surface area contributed by atoms with Gasteiger partial charge >= 0.3 is 0 Å². The molecule has 2 aromatic carbocycles. The van der Waals surface area contributed by atoms with E-state index in [1.165, 1.54) is 6.07 Å². The van der Waals surface area contributed by atoms with Crippen molar-refractivity contribution in [2.45, 2.75) is 18.4 Å². The molecule has 0 saturated heterocycles. The minimum Gasteiger partial charge on any atom is -0.376 e. The Hall–Kier alpha value is -1.75. The van der Waals surface area contributed by atoms with E-state index < -0.39 is 4.92 Å². The third kappa shape index (κ3) is 2.78. The van der Waals surface area contributed by atoms with E-state index in [1.54, 1.807) is 12.1 Å². The van der Waals surface area contributed by atoms with Gasteiger partial charge in [-0.1, -0.05) is 53.0 Å². The zero-order valence-corrected chi connectivity index (χ0v) is 15.1. The van der Waals surface area contributed by atoms with Crippen LogP contribution in [0.5, 0.6) is 0 Å². The zero-order chi connectivity index (χ0) is 17.7. The van der Waals surface area contributed by atoms with Gasteiger partial charge in [-0.15, -0.1) is 0 Å². The lowest BCUT2D eigenvalue weighted by molar-refractivity contribution is -0.384. The number of fused-ring (bicyclic) bond motifs is 3. The fourth-order valence-corrected chi connectivity index (χ4v) is 4.61. The molecule has 3 atom stereocenters. The molecular formula is C18H13Cl3N2O2. The van der Waals surface area contributed by atoms with Crippen LogP contribution in [0.25, 0.3) is 0 Å². The molecule has 0 amide bonds. The zero-order valence-electron chi connectivity index (χ0n) is 12.9. The smallest absolute Gasteiger partial charge is 0.271 e. The summed E-state index contributed by atoms with van der Waals surface area (Å²) in [4.78, 5) is 10.8. The standard InChI is InChI=1S/C18H13Cl3N2O2/c19-9-4-5-13(15(20)6-9)17-12-3-1-2-11(12)14-7-10(23(24)25)8-16(21)18(14)22-17/h1-2,4-8,11-12,17,22H,3H2/t11-,12+,17-/m0/s1. The van der Waals surface area contributed by atoms with Crippen molar-refractivity contribution in [3.8, 4) is 0 Å². The molecule has 0 bridgehead atoms. The van der Waals surface area contributed by atoms with Crippen LogP contribution in [0.1, 0.15) is 29.5 Å². The Bertz CT molecular complexity index is 913. The van der Waals surface area contributed by atoms with Crippen molar-refractivity contribution < 1.29 is 4.92 Å². The highest BCUT2D eigenvalue weighted by atomic mass is 35.5. The summed E-state index contributed by atoms with van der Waals surface area (Å²) in [6.45, 7) is 0. The topological polar surface area (TPSA) is 55.2 Å². The Morgan fingerprint density at radius 3 is 2.60 bits per heavy atom. The highest BCUT2D eigenvalue weighted by molar-refractivity contribution is 6.35. The minimum absolute atomic E-state index is 0.00701. The van der Waals surface area contributed by atoms with Gasteiger partial charge in [-0.05, 0) is 35.6 Å². The van der Waals surface area contributed by atoms with Crippen LogP contribution >= 0.6 is 34.8 Å². The van der Waals surface area contributed by atoms with Crippen LogP contribution in [0, 0.1) is 16.0 Å². The Balaban J connectivity index is 1.84. The third-order valence-electron chi connectivity index (χ3n) is 4.91. The lowest BCUT2D eigenvalue weighted by atomic mass is 9.77. The molecule has 0 saturated carbocycles. The number of anilines is 1. The quantitative estimate of drug-likeness (QED) is 0.364. The fraction of sp³-hybridized carbons (Fsp3) is 0.222. The molecule has 1 aliphatic carbocycles. The number of benzene rings is 2. The summed E-state index contributed by atoms with van der Waals surface area (Å²) in [5, 5.41) is 16.2. The predicted molar refractivity (Wildman–Crippen MR) is 101 cm³/mol. The molecule has 1 N–H and O–H groups in total. The molecule has 0 radical (unpaired) electrons. The van der Waals surface area contributed by atoms with E-state index >= 15 is 0 Å². The molecule has 128 valence electrons. The van der Waals surface area contributed by atoms with E-state index in [0.717, 1.165) is 23.2 Å². The van der Waals surface area contributed by atoms with E-state index in [-0.39, 0.29) is 23.6 Å². The second-order valence-electron chi connectivity index (χ2n) is 6.29. The van der Waals surface area contributed by atoms with Crippen molar-refractivity contribution in [1.82, 2.24) is 0 Å². The highest BCUT2D eigenvalue weighted by Crippen LogP contribution is 2.53. The summed E-state index contributed by atoms with van der Waals surface area (Å²) >= 11 is 18.8. The first-order valence-corrected chi connectivity index (χ1v) is 8.95. The van der Waals surface area contributed by atoms with Crippen LogP contribution in [0.15, 0.2) is 42.5 Å². The van der Waals surface area contributed by atoms with E-state index in [0.29, 0.717) is 15.1 Å². The first-order chi connectivity index (χ1) is 12.0. The van der Waals surface area contributed by atoms with Crippen molar-refractivity contribution in [3.63, 3.8) is 0 Å². The number of nitrogens with one attached hydrogen (secondary N) is 1. The maximum absolute atomic E-state index is 11.2. The molecule has 0 aromatic heterocycles. The van der Waals surface area contributed by atoms with Gasteiger partial charge in [-0.2, -0.15) is 0 Å². The summed E-state index contributed by atoms with van der Waals surface area (Å²) < 4.78 is 0. The number of nitrogens with zero attached hydrogens (tertiary/aromatic N) is 1. The lowest BCUT2D eigenvalue weighted by Gasteiger charge is -2.38. The maximum Gasteiger partial charge on any atom is 0.271 e. The Morgan fingerprint density at radius 2 is 1.88 bits per heavy atom. The maximum atomic E-state index is 11.2. The number of non-ortho nitro benzene ring substituents is 1. The Kier molecular flexibility index (Phi) is 4.14. The number of nitro benzene ring substituents is 1. The number of rotatable bonds is 2. The lowest BCUT2D eigenvalue weighted by Crippen LogP contribution is -2.29. The van der Waals surface area contributed by atoms with Crippen molar-refractivity contribution >= 4 is 46.2 Å². The van der Waals surface area contributed by atoms with Gasteiger partial charge in [0.15, 0.2) is 0 Å². The minimum atomic E-state index is -0.415. The first-order valence-electron chi connectivity index (χ1n) is 7.81. The average Bonchev–Trinajstić information content (AvgIpc) is 3.04. The molecular weight excluding hydrogens is 383 g/mol. The van der Waals surface area contributed by atoms with Crippen LogP contribution in [0.2, 0.25) is 15.1 Å². The number of halogens is 3. The molecule has 1 heterocycles. The van der Waals surface area contributed by atoms with Crippen molar-refractivity contribution in [2.75, 3.05) is 5.32 Å². The van der Waals surface area contributed by atoms with Gasteiger partial charge in [-0.3, -0.25) is 10.1 Å². The van der Waals surface area contributed by atoms with Crippen LogP contribution < -0.4 is 5.32 Å². The average molecular weight is 396 g/mol. The number of nitro groups is 1. The van der Waals surface area contributed by atoms with Crippen LogP contribution in [-0.4, -0.2) is 4.92 Å². The molecule has 25 heavy (non-hydrogen) atoms. The van der Waals surface area contributed by atoms with Crippen LogP contribution in [-0.2, 0) is 0 Å². The first kappa shape index (κ1) is 16.7. The van der Waals surface area contributed by atoms with Gasteiger partial charge in [0.1, 0.15) is 0 Å². The SMILES string of the molecule is O=[N+]([O-])c1cc(Cl)c2c(c1)[C@H]1C=CC[C@H]1[C@@H](c1ccc(Cl)cc1Cl)N2. The largest absolute Gasteiger partial charge is 0.376 e. The number of allylic oxidation sites excluding steroid dienone is 2. The van der Waals surface area contributed by atoms with Gasteiger partial charge in [0.2, 0.25) is 0 Å². The monoisotopic (exact) mass is 394 g/mol. The molecule has 4 rings (SSSR count). The summed E-state index contributed by atoms with van der Waals surface area (Å²) in [6.07, 6.45) is 5.07. The fourth-order valence-electron chi connectivity index (χ4n) is 3.81. The second-order valence-corrected chi connectivity index (χ2v) is 7.54. The normalized spacial score (nSPS) is 23.7. The molecule has 7 heteroatoms. The van der Waals surface area contributed by atoms with Gasteiger partial charge in [0, 0.05) is 28.1 Å². The van der Waals surface area contributed by atoms with E-state index in [2.05, 4.69) is 17.5 Å². The van der Waals surface area contributed by atoms with E-state index in [4.69, 9.17) is 34.8 Å². The summed E-state index contributed by atoms with van der Waals surface area (Å²) in [5.41, 5.74) is 2.55. The second kappa shape index (κ2) is 6.20. The van der Waals surface area contributed by atoms with E-state index in [1.807, 2.05) is 12.1 Å². The molecule has 4 nitrogen and oxygen atoms in total. The molecule has 0 fully saturated rings. The van der Waals surface area contributed by atoms with Crippen molar-refractivity contribution in [2.24, 2.45) is 5.92 Å². The van der Waals surface area contributed by atoms with Gasteiger partial charge in [-0.25, -0.2) is 0 Å². The molecule has 0 spiro atoms.